The molecule has 8 heteroatoms. The molecule has 0 aliphatic carbocycles. The number of carboxylic acids is 1. The Morgan fingerprint density at radius 2 is 1.89 bits per heavy atom. The second kappa shape index (κ2) is 4.38. The fraction of sp³-hybridized carbons (Fsp3) is 0.0909. The van der Waals surface area contributed by atoms with Crippen LogP contribution in [0, 0.1) is 5.82 Å². The SMILES string of the molecule is O=C(O)c1oc(C(F)(F)F)nc1-c1ccccc1F. The van der Waals surface area contributed by atoms with E-state index in [2.05, 4.69) is 9.40 Å². The van der Waals surface area contributed by atoms with Crippen LogP contribution in [-0.4, -0.2) is 16.1 Å². The number of hydrogen-bond donors (Lipinski definition) is 1. The summed E-state index contributed by atoms with van der Waals surface area (Å²) in [6.45, 7) is 0. The third-order valence-corrected chi connectivity index (χ3v) is 2.19. The van der Waals surface area contributed by atoms with Gasteiger partial charge in [0.2, 0.25) is 5.76 Å². The van der Waals surface area contributed by atoms with Crippen LogP contribution in [0.1, 0.15) is 16.4 Å². The molecule has 2 aromatic rings. The lowest BCUT2D eigenvalue weighted by Gasteiger charge is -1.99. The zero-order chi connectivity index (χ0) is 14.2. The van der Waals surface area contributed by atoms with E-state index in [1.54, 1.807) is 0 Å². The maximum absolute atomic E-state index is 13.5. The zero-order valence-electron chi connectivity index (χ0n) is 9.03. The molecule has 1 aromatic heterocycles. The van der Waals surface area contributed by atoms with Crippen LogP contribution in [0.25, 0.3) is 11.3 Å². The van der Waals surface area contributed by atoms with Gasteiger partial charge < -0.3 is 9.52 Å². The topological polar surface area (TPSA) is 63.3 Å². The quantitative estimate of drug-likeness (QED) is 0.855. The highest BCUT2D eigenvalue weighted by atomic mass is 19.4. The highest BCUT2D eigenvalue weighted by Gasteiger charge is 2.40. The molecule has 0 spiro atoms. The van der Waals surface area contributed by atoms with Crippen molar-refractivity contribution in [3.8, 4) is 11.3 Å². The van der Waals surface area contributed by atoms with Crippen LogP contribution in [0.15, 0.2) is 28.7 Å². The summed E-state index contributed by atoms with van der Waals surface area (Å²) < 4.78 is 54.9. The van der Waals surface area contributed by atoms with Crippen molar-refractivity contribution in [3.63, 3.8) is 0 Å². The lowest BCUT2D eigenvalue weighted by atomic mass is 10.1. The van der Waals surface area contributed by atoms with Crippen molar-refractivity contribution >= 4 is 5.97 Å². The third-order valence-electron chi connectivity index (χ3n) is 2.19. The van der Waals surface area contributed by atoms with Crippen LogP contribution < -0.4 is 0 Å². The number of nitrogens with zero attached hydrogens (tertiary/aromatic N) is 1. The lowest BCUT2D eigenvalue weighted by molar-refractivity contribution is -0.157. The van der Waals surface area contributed by atoms with Crippen molar-refractivity contribution in [2.24, 2.45) is 0 Å². The van der Waals surface area contributed by atoms with Gasteiger partial charge in [-0.3, -0.25) is 0 Å². The summed E-state index contributed by atoms with van der Waals surface area (Å²) in [7, 11) is 0. The molecule has 0 radical (unpaired) electrons. The largest absolute Gasteiger partial charge is 0.475 e. The standard InChI is InChI=1S/C11H5F4NO3/c12-6-4-2-1-3-5(6)7-8(9(17)18)19-10(16-7)11(13,14)15/h1-4H,(H,17,18). The van der Waals surface area contributed by atoms with Gasteiger partial charge in [0.15, 0.2) is 0 Å². The van der Waals surface area contributed by atoms with E-state index in [4.69, 9.17) is 5.11 Å². The number of carbonyl (C=O) groups is 1. The molecule has 0 saturated carbocycles. The van der Waals surface area contributed by atoms with Crippen molar-refractivity contribution in [3.05, 3.63) is 41.7 Å². The average molecular weight is 275 g/mol. The van der Waals surface area contributed by atoms with Gasteiger partial charge in [-0.2, -0.15) is 13.2 Å². The van der Waals surface area contributed by atoms with Crippen molar-refractivity contribution in [1.29, 1.82) is 0 Å². The minimum absolute atomic E-state index is 0.376. The van der Waals surface area contributed by atoms with Crippen LogP contribution in [-0.2, 0) is 6.18 Å². The van der Waals surface area contributed by atoms with E-state index in [1.807, 2.05) is 0 Å². The molecule has 0 aliphatic rings. The normalized spacial score (nSPS) is 11.6. The van der Waals surface area contributed by atoms with Gasteiger partial charge in [0.1, 0.15) is 11.5 Å². The van der Waals surface area contributed by atoms with Crippen molar-refractivity contribution in [2.45, 2.75) is 6.18 Å². The van der Waals surface area contributed by atoms with Crippen LogP contribution in [0.3, 0.4) is 0 Å². The minimum Gasteiger partial charge on any atom is -0.475 e. The van der Waals surface area contributed by atoms with Crippen LogP contribution in [0.2, 0.25) is 0 Å². The Morgan fingerprint density at radius 1 is 1.26 bits per heavy atom. The van der Waals surface area contributed by atoms with Gasteiger partial charge in [-0.25, -0.2) is 14.2 Å². The van der Waals surface area contributed by atoms with E-state index in [-0.39, 0.29) is 5.56 Å². The first-order valence-electron chi connectivity index (χ1n) is 4.87. The molecule has 0 amide bonds. The van der Waals surface area contributed by atoms with Gasteiger partial charge in [-0.15, -0.1) is 0 Å². The summed E-state index contributed by atoms with van der Waals surface area (Å²) in [5, 5.41) is 8.77. The van der Waals surface area contributed by atoms with E-state index >= 15 is 0 Å². The van der Waals surface area contributed by atoms with Crippen molar-refractivity contribution in [1.82, 2.24) is 4.98 Å². The summed E-state index contributed by atoms with van der Waals surface area (Å²) in [6, 6.07) is 4.73. The molecule has 0 unspecified atom stereocenters. The molecule has 4 nitrogen and oxygen atoms in total. The smallest absolute Gasteiger partial charge is 0.468 e. The van der Waals surface area contributed by atoms with Crippen LogP contribution in [0.4, 0.5) is 17.6 Å². The molecular weight excluding hydrogens is 270 g/mol. The molecule has 1 aromatic carbocycles. The van der Waals surface area contributed by atoms with Crippen molar-refractivity contribution < 1.29 is 31.9 Å². The first-order valence-corrected chi connectivity index (χ1v) is 4.87. The molecule has 0 bridgehead atoms. The Labute approximate surface area is 103 Å². The number of aromatic carboxylic acids is 1. The minimum atomic E-state index is -4.95. The number of hydrogen-bond acceptors (Lipinski definition) is 3. The Kier molecular flexibility index (Phi) is 3.01. The Balaban J connectivity index is 2.66. The highest BCUT2D eigenvalue weighted by Crippen LogP contribution is 2.34. The number of rotatable bonds is 2. The van der Waals surface area contributed by atoms with E-state index in [1.165, 1.54) is 12.1 Å². The van der Waals surface area contributed by atoms with E-state index < -0.39 is 35.3 Å². The summed E-state index contributed by atoms with van der Waals surface area (Å²) in [6.07, 6.45) is -4.95. The Hall–Kier alpha value is -2.38. The molecule has 0 fully saturated rings. The zero-order valence-corrected chi connectivity index (χ0v) is 9.03. The first kappa shape index (κ1) is 13.1. The van der Waals surface area contributed by atoms with Gasteiger partial charge in [0, 0.05) is 5.56 Å². The maximum atomic E-state index is 13.5. The molecular formula is C11H5F4NO3. The number of benzene rings is 1. The lowest BCUT2D eigenvalue weighted by Crippen LogP contribution is -2.05. The molecule has 1 N–H and O–H groups in total. The average Bonchev–Trinajstić information content (AvgIpc) is 2.74. The van der Waals surface area contributed by atoms with E-state index in [0.717, 1.165) is 12.1 Å². The molecule has 19 heavy (non-hydrogen) atoms. The summed E-state index contributed by atoms with van der Waals surface area (Å²) in [5.41, 5.74) is -1.07. The van der Waals surface area contributed by atoms with E-state index in [9.17, 15) is 22.4 Å². The molecule has 0 saturated heterocycles. The predicted octanol–water partition coefficient (Wildman–Crippen LogP) is 3.20. The Morgan fingerprint density at radius 3 is 2.42 bits per heavy atom. The fourth-order valence-corrected chi connectivity index (χ4v) is 1.42. The predicted molar refractivity (Wildman–Crippen MR) is 53.9 cm³/mol. The molecule has 2 rings (SSSR count). The summed E-state index contributed by atoms with van der Waals surface area (Å²) >= 11 is 0. The monoisotopic (exact) mass is 275 g/mol. The van der Waals surface area contributed by atoms with Gasteiger partial charge in [-0.05, 0) is 12.1 Å². The summed E-state index contributed by atoms with van der Waals surface area (Å²) in [5.74, 6) is -5.45. The second-order valence-corrected chi connectivity index (χ2v) is 3.48. The Bertz CT molecular complexity index is 633. The van der Waals surface area contributed by atoms with Gasteiger partial charge in [-0.1, -0.05) is 12.1 Å². The molecule has 100 valence electrons. The summed E-state index contributed by atoms with van der Waals surface area (Å²) in [4.78, 5) is 13.8. The first-order chi connectivity index (χ1) is 8.80. The number of alkyl halides is 3. The number of carboxylic acid groups (broad SMARTS) is 1. The van der Waals surface area contributed by atoms with Crippen LogP contribution >= 0.6 is 0 Å². The third kappa shape index (κ3) is 2.42. The number of aromatic nitrogens is 1. The maximum Gasteiger partial charge on any atom is 0.468 e. The van der Waals surface area contributed by atoms with Gasteiger partial charge >= 0.3 is 18.0 Å². The highest BCUT2D eigenvalue weighted by molar-refractivity contribution is 5.91. The number of oxazole rings is 1. The van der Waals surface area contributed by atoms with Crippen LogP contribution in [0.5, 0.6) is 0 Å². The number of halogens is 4. The van der Waals surface area contributed by atoms with Gasteiger partial charge in [0.05, 0.1) is 0 Å². The molecule has 0 atom stereocenters. The van der Waals surface area contributed by atoms with E-state index in [0.29, 0.717) is 0 Å². The van der Waals surface area contributed by atoms with Gasteiger partial charge in [0.25, 0.3) is 0 Å². The van der Waals surface area contributed by atoms with Crippen molar-refractivity contribution in [2.75, 3.05) is 0 Å². The second-order valence-electron chi connectivity index (χ2n) is 3.48. The molecule has 0 aliphatic heterocycles. The fourth-order valence-electron chi connectivity index (χ4n) is 1.42. The molecule has 1 heterocycles.